The van der Waals surface area contributed by atoms with Gasteiger partial charge in [-0.25, -0.2) is 9.37 Å². The Morgan fingerprint density at radius 3 is 1.74 bits per heavy atom. The first-order valence-corrected chi connectivity index (χ1v) is 15.6. The van der Waals surface area contributed by atoms with Crippen molar-refractivity contribution in [2.75, 3.05) is 6.61 Å². The van der Waals surface area contributed by atoms with Crippen molar-refractivity contribution >= 4 is 0 Å². The van der Waals surface area contributed by atoms with Gasteiger partial charge in [-0.3, -0.25) is 0 Å². The number of nitrogens with one attached hydrogen (secondary N) is 1. The monoisotopic (exact) mass is 612 g/mol. The molecule has 0 aliphatic heterocycles. The summed E-state index contributed by atoms with van der Waals surface area (Å²) in [6, 6.07) is 43.6. The lowest BCUT2D eigenvalue weighted by atomic mass is 9.66. The average Bonchev–Trinajstić information content (AvgIpc) is 3.54. The molecule has 1 heterocycles. The maximum Gasteiger partial charge on any atom is 0.171 e. The second-order valence-corrected chi connectivity index (χ2v) is 11.4. The molecule has 0 aliphatic carbocycles. The van der Waals surface area contributed by atoms with Crippen LogP contribution in [0.15, 0.2) is 133 Å². The van der Waals surface area contributed by atoms with Gasteiger partial charge in [0, 0.05) is 17.2 Å². The minimum atomic E-state index is -1.45. The van der Waals surface area contributed by atoms with Gasteiger partial charge in [-0.1, -0.05) is 121 Å². The average molecular weight is 613 g/mol. The molecular weight excluding hydrogens is 575 g/mol. The minimum absolute atomic E-state index is 0.00578. The van der Waals surface area contributed by atoms with E-state index in [0.29, 0.717) is 18.1 Å². The Bertz CT molecular complexity index is 1780. The maximum absolute atomic E-state index is 16.1. The summed E-state index contributed by atoms with van der Waals surface area (Å²) in [5, 5.41) is 11.9. The number of halogens is 1. The van der Waals surface area contributed by atoms with Gasteiger partial charge in [0.25, 0.3) is 0 Å². The van der Waals surface area contributed by atoms with Gasteiger partial charge in [-0.15, -0.1) is 0 Å². The summed E-state index contributed by atoms with van der Waals surface area (Å²) in [5.74, 6) is -0.0542. The van der Waals surface area contributed by atoms with Crippen LogP contribution in [0, 0.1) is 5.82 Å². The van der Waals surface area contributed by atoms with Crippen LogP contribution < -0.4 is 9.47 Å². The highest BCUT2D eigenvalue weighted by atomic mass is 19.1. The number of rotatable bonds is 11. The molecule has 232 valence electrons. The second-order valence-electron chi connectivity index (χ2n) is 11.4. The third kappa shape index (κ3) is 5.80. The molecule has 6 aromatic rings. The molecule has 0 amide bonds. The minimum Gasteiger partial charge on any atom is -0.494 e. The van der Waals surface area contributed by atoms with Gasteiger partial charge in [-0.2, -0.15) is 0 Å². The van der Waals surface area contributed by atoms with E-state index in [9.17, 15) is 5.11 Å². The molecule has 5 aromatic carbocycles. The Kier molecular flexibility index (Phi) is 8.99. The molecule has 6 heteroatoms. The van der Waals surface area contributed by atoms with E-state index < -0.39 is 17.3 Å². The summed E-state index contributed by atoms with van der Waals surface area (Å²) in [6.45, 7) is 5.87. The first-order valence-electron chi connectivity index (χ1n) is 15.6. The predicted octanol–water partition coefficient (Wildman–Crippen LogP) is 8.87. The van der Waals surface area contributed by atoms with Crippen LogP contribution in [-0.4, -0.2) is 27.8 Å². The number of imidazole rings is 1. The molecule has 2 N–H and O–H groups in total. The van der Waals surface area contributed by atoms with Crippen molar-refractivity contribution in [2.24, 2.45) is 0 Å². The topological polar surface area (TPSA) is 67.4 Å². The number of nitrogens with zero attached hydrogens (tertiary/aromatic N) is 1. The fourth-order valence-electron chi connectivity index (χ4n) is 6.12. The third-order valence-electron chi connectivity index (χ3n) is 8.03. The third-order valence-corrected chi connectivity index (χ3v) is 8.03. The maximum atomic E-state index is 16.1. The summed E-state index contributed by atoms with van der Waals surface area (Å²) in [5.41, 5.74) is 4.39. The molecular formula is C40H37FN2O3. The zero-order valence-electron chi connectivity index (χ0n) is 26.2. The van der Waals surface area contributed by atoms with Crippen molar-refractivity contribution in [3.63, 3.8) is 0 Å². The van der Waals surface area contributed by atoms with Gasteiger partial charge >= 0.3 is 0 Å². The Morgan fingerprint density at radius 1 is 0.761 bits per heavy atom. The number of hydrogen-bond donors (Lipinski definition) is 2. The Balaban J connectivity index is 1.66. The summed E-state index contributed by atoms with van der Waals surface area (Å²) >= 11 is 0. The Hall–Kier alpha value is -5.20. The highest BCUT2D eigenvalue weighted by Gasteiger charge is 2.43. The number of benzene rings is 5. The number of aromatic nitrogens is 2. The fourth-order valence-corrected chi connectivity index (χ4v) is 6.12. The highest BCUT2D eigenvalue weighted by molar-refractivity contribution is 5.71. The lowest BCUT2D eigenvalue weighted by Crippen LogP contribution is -2.32. The quantitative estimate of drug-likeness (QED) is 0.144. The molecule has 0 fully saturated rings. The van der Waals surface area contributed by atoms with E-state index in [4.69, 9.17) is 14.5 Å². The Labute approximate surface area is 269 Å². The van der Waals surface area contributed by atoms with Gasteiger partial charge in [0.1, 0.15) is 17.7 Å². The molecule has 1 unspecified atom stereocenters. The number of ether oxygens (including phenoxy) is 2. The summed E-state index contributed by atoms with van der Waals surface area (Å²) < 4.78 is 27.6. The zero-order valence-corrected chi connectivity index (χ0v) is 26.2. The second kappa shape index (κ2) is 13.4. The lowest BCUT2D eigenvalue weighted by molar-refractivity contribution is 0.196. The van der Waals surface area contributed by atoms with Crippen LogP contribution in [0.3, 0.4) is 0 Å². The smallest absolute Gasteiger partial charge is 0.171 e. The highest BCUT2D eigenvalue weighted by Crippen LogP contribution is 2.48. The number of aromatic amines is 1. The van der Waals surface area contributed by atoms with Crippen LogP contribution in [0.4, 0.5) is 4.39 Å². The summed E-state index contributed by atoms with van der Waals surface area (Å²) in [6.07, 6.45) is -1.73. The fraction of sp³-hybridized carbons (Fsp3) is 0.175. The van der Waals surface area contributed by atoms with Gasteiger partial charge < -0.3 is 19.6 Å². The number of aliphatic hydroxyl groups excluding tert-OH is 1. The molecule has 0 saturated heterocycles. The lowest BCUT2D eigenvalue weighted by Gasteiger charge is -2.36. The van der Waals surface area contributed by atoms with E-state index in [1.807, 2.05) is 106 Å². The molecule has 1 aromatic heterocycles. The molecule has 0 spiro atoms. The largest absolute Gasteiger partial charge is 0.494 e. The summed E-state index contributed by atoms with van der Waals surface area (Å²) in [4.78, 5) is 8.60. The molecule has 6 rings (SSSR count). The van der Waals surface area contributed by atoms with E-state index in [-0.39, 0.29) is 23.2 Å². The summed E-state index contributed by atoms with van der Waals surface area (Å²) in [7, 11) is 0. The number of H-pyrrole nitrogens is 1. The normalized spacial score (nSPS) is 12.2. The van der Waals surface area contributed by atoms with Gasteiger partial charge in [0.15, 0.2) is 11.6 Å². The molecule has 1 atom stereocenters. The van der Waals surface area contributed by atoms with E-state index in [1.54, 1.807) is 0 Å². The SMILES string of the molecule is CCOc1cc(OC(C)C)c(F)c(C(O)c2nc(-c3ccccc3)c(C(c3ccccc3)(c3ccccc3)c3ccccc3)[nH]2)c1. The molecule has 0 radical (unpaired) electrons. The first kappa shape index (κ1) is 30.8. The van der Waals surface area contributed by atoms with Crippen LogP contribution in [0.5, 0.6) is 11.5 Å². The molecule has 0 saturated carbocycles. The number of aliphatic hydroxyl groups is 1. The predicted molar refractivity (Wildman–Crippen MR) is 180 cm³/mol. The molecule has 46 heavy (non-hydrogen) atoms. The van der Waals surface area contributed by atoms with E-state index in [1.165, 1.54) is 12.1 Å². The molecule has 0 bridgehead atoms. The molecule has 5 nitrogen and oxygen atoms in total. The van der Waals surface area contributed by atoms with Gasteiger partial charge in [-0.05, 0) is 43.5 Å². The van der Waals surface area contributed by atoms with Crippen LogP contribution in [-0.2, 0) is 5.41 Å². The van der Waals surface area contributed by atoms with Crippen LogP contribution >= 0.6 is 0 Å². The van der Waals surface area contributed by atoms with Crippen molar-refractivity contribution in [1.82, 2.24) is 9.97 Å². The van der Waals surface area contributed by atoms with Crippen LogP contribution in [0.2, 0.25) is 0 Å². The van der Waals surface area contributed by atoms with Gasteiger partial charge in [0.2, 0.25) is 0 Å². The van der Waals surface area contributed by atoms with Crippen molar-refractivity contribution in [2.45, 2.75) is 38.4 Å². The van der Waals surface area contributed by atoms with Crippen molar-refractivity contribution < 1.29 is 19.0 Å². The van der Waals surface area contributed by atoms with E-state index in [0.717, 1.165) is 27.9 Å². The van der Waals surface area contributed by atoms with Crippen molar-refractivity contribution in [1.29, 1.82) is 0 Å². The standard InChI is InChI=1S/C40H37FN2O3/c1-4-45-32-25-33(35(41)34(26-32)46-27(2)3)37(44)39-42-36(28-17-9-5-10-18-28)38(43-39)40(29-19-11-6-12-20-29,30-21-13-7-14-22-30)31-23-15-8-16-24-31/h5-27,37,44H,4H2,1-3H3,(H,42,43). The van der Waals surface area contributed by atoms with Crippen LogP contribution in [0.1, 0.15) is 60.6 Å². The first-order chi connectivity index (χ1) is 22.4. The zero-order chi connectivity index (χ0) is 32.1. The van der Waals surface area contributed by atoms with Crippen molar-refractivity contribution in [3.05, 3.63) is 173 Å². The van der Waals surface area contributed by atoms with Crippen LogP contribution in [0.25, 0.3) is 11.3 Å². The van der Waals surface area contributed by atoms with Gasteiger partial charge in [0.05, 0.1) is 29.5 Å². The van der Waals surface area contributed by atoms with Crippen molar-refractivity contribution in [3.8, 4) is 22.8 Å². The Morgan fingerprint density at radius 2 is 1.26 bits per heavy atom. The van der Waals surface area contributed by atoms with E-state index >= 15 is 4.39 Å². The molecule has 0 aliphatic rings. The van der Waals surface area contributed by atoms with E-state index in [2.05, 4.69) is 41.4 Å². The number of hydrogen-bond acceptors (Lipinski definition) is 4.